The number of carboxylic acids is 1. The van der Waals surface area contributed by atoms with Crippen LogP contribution >= 0.6 is 15.9 Å². The summed E-state index contributed by atoms with van der Waals surface area (Å²) in [6.45, 7) is 0.614. The van der Waals surface area contributed by atoms with Crippen LogP contribution in [-0.4, -0.2) is 23.7 Å². The molecule has 0 bridgehead atoms. The minimum Gasteiger partial charge on any atom is -0.478 e. The normalized spacial score (nSPS) is 13.9. The van der Waals surface area contributed by atoms with E-state index < -0.39 is 5.97 Å². The Hall–Kier alpha value is -1.56. The molecule has 1 aliphatic carbocycles. The van der Waals surface area contributed by atoms with Crippen molar-refractivity contribution in [3.63, 3.8) is 0 Å². The summed E-state index contributed by atoms with van der Waals surface area (Å²) in [5.41, 5.74) is 0.339. The number of anilines is 1. The summed E-state index contributed by atoms with van der Waals surface area (Å²) in [5.74, 6) is -0.326. The molecule has 5 nitrogen and oxygen atoms in total. The molecule has 0 radical (unpaired) electrons. The van der Waals surface area contributed by atoms with E-state index >= 15 is 0 Å². The van der Waals surface area contributed by atoms with Crippen LogP contribution in [-0.2, 0) is 0 Å². The molecule has 1 aromatic carbocycles. The zero-order valence-electron chi connectivity index (χ0n) is 10.3. The van der Waals surface area contributed by atoms with Crippen LogP contribution in [0.25, 0.3) is 0 Å². The molecule has 0 atom stereocenters. The minimum atomic E-state index is -1.07. The van der Waals surface area contributed by atoms with E-state index in [9.17, 15) is 9.59 Å². The molecule has 2 rings (SSSR count). The summed E-state index contributed by atoms with van der Waals surface area (Å²) in [5, 5.41) is 14.4. The average Bonchev–Trinajstić information content (AvgIpc) is 3.15. The van der Waals surface area contributed by atoms with Crippen molar-refractivity contribution in [2.75, 3.05) is 11.9 Å². The first kappa shape index (κ1) is 13.9. The smallest absolute Gasteiger partial charge is 0.337 e. The van der Waals surface area contributed by atoms with Crippen LogP contribution in [0.15, 0.2) is 22.7 Å². The lowest BCUT2D eigenvalue weighted by atomic mass is 10.2. The second-order valence-electron chi connectivity index (χ2n) is 4.58. The van der Waals surface area contributed by atoms with E-state index in [-0.39, 0.29) is 17.3 Å². The molecule has 0 aromatic heterocycles. The highest BCUT2D eigenvalue weighted by molar-refractivity contribution is 9.10. The van der Waals surface area contributed by atoms with Gasteiger partial charge in [0.25, 0.3) is 0 Å². The predicted molar refractivity (Wildman–Crippen MR) is 75.5 cm³/mol. The van der Waals surface area contributed by atoms with Gasteiger partial charge >= 0.3 is 12.0 Å². The summed E-state index contributed by atoms with van der Waals surface area (Å²) in [6.07, 6.45) is 3.47. The fourth-order valence-corrected chi connectivity index (χ4v) is 2.25. The number of para-hydroxylation sites is 1. The molecule has 6 heteroatoms. The maximum atomic E-state index is 11.7. The molecule has 0 spiro atoms. The van der Waals surface area contributed by atoms with E-state index in [1.807, 2.05) is 0 Å². The highest BCUT2D eigenvalue weighted by Gasteiger charge is 2.21. The molecule has 0 saturated heterocycles. The molecule has 0 heterocycles. The Morgan fingerprint density at radius 3 is 2.74 bits per heavy atom. The maximum absolute atomic E-state index is 11.7. The van der Waals surface area contributed by atoms with Crippen LogP contribution in [0.2, 0.25) is 0 Å². The SMILES string of the molecule is O=C(NCCC1CC1)Nc1c(Br)cccc1C(=O)O. The number of hydrogen-bond donors (Lipinski definition) is 3. The van der Waals surface area contributed by atoms with E-state index in [1.54, 1.807) is 12.1 Å². The average molecular weight is 327 g/mol. The standard InChI is InChI=1S/C13H15BrN2O3/c14-10-3-1-2-9(12(17)18)11(10)16-13(19)15-7-6-8-4-5-8/h1-3,8H,4-7H2,(H,17,18)(H2,15,16,19). The Morgan fingerprint density at radius 2 is 2.11 bits per heavy atom. The summed E-state index contributed by atoms with van der Waals surface area (Å²) < 4.78 is 0.546. The van der Waals surface area contributed by atoms with Crippen LogP contribution in [0.3, 0.4) is 0 Å². The Labute approximate surface area is 119 Å². The zero-order chi connectivity index (χ0) is 13.8. The van der Waals surface area contributed by atoms with Crippen molar-refractivity contribution >= 4 is 33.6 Å². The largest absolute Gasteiger partial charge is 0.478 e. The van der Waals surface area contributed by atoms with Gasteiger partial charge in [0.15, 0.2) is 0 Å². The molecule has 2 amide bonds. The molecular formula is C13H15BrN2O3. The second kappa shape index (κ2) is 6.06. The molecule has 0 unspecified atom stereocenters. The van der Waals surface area contributed by atoms with Crippen molar-refractivity contribution < 1.29 is 14.7 Å². The van der Waals surface area contributed by atoms with Gasteiger partial charge in [-0.15, -0.1) is 0 Å². The lowest BCUT2D eigenvalue weighted by molar-refractivity contribution is 0.0698. The number of amides is 2. The second-order valence-corrected chi connectivity index (χ2v) is 5.43. The molecule has 3 N–H and O–H groups in total. The number of rotatable bonds is 5. The summed E-state index contributed by atoms with van der Waals surface area (Å²) in [4.78, 5) is 22.8. The van der Waals surface area contributed by atoms with E-state index in [2.05, 4.69) is 26.6 Å². The third-order valence-electron chi connectivity index (χ3n) is 3.02. The monoisotopic (exact) mass is 326 g/mol. The Bertz CT molecular complexity index is 501. The van der Waals surface area contributed by atoms with Gasteiger partial charge in [-0.25, -0.2) is 9.59 Å². The van der Waals surface area contributed by atoms with Crippen molar-refractivity contribution in [2.24, 2.45) is 5.92 Å². The first-order valence-corrected chi connectivity index (χ1v) is 6.94. The van der Waals surface area contributed by atoms with Gasteiger partial charge in [0, 0.05) is 11.0 Å². The van der Waals surface area contributed by atoms with E-state index in [0.29, 0.717) is 11.0 Å². The predicted octanol–water partition coefficient (Wildman–Crippen LogP) is 3.07. The van der Waals surface area contributed by atoms with E-state index in [0.717, 1.165) is 12.3 Å². The first-order valence-electron chi connectivity index (χ1n) is 6.14. The molecule has 1 aliphatic rings. The summed E-state index contributed by atoms with van der Waals surface area (Å²) >= 11 is 3.24. The van der Waals surface area contributed by atoms with Crippen molar-refractivity contribution in [3.8, 4) is 0 Å². The van der Waals surface area contributed by atoms with Crippen molar-refractivity contribution in [1.29, 1.82) is 0 Å². The van der Waals surface area contributed by atoms with Gasteiger partial charge < -0.3 is 15.7 Å². The zero-order valence-corrected chi connectivity index (χ0v) is 11.9. The van der Waals surface area contributed by atoms with Gasteiger partial charge in [-0.3, -0.25) is 0 Å². The van der Waals surface area contributed by atoms with E-state index in [4.69, 9.17) is 5.11 Å². The van der Waals surface area contributed by atoms with Gasteiger partial charge in [0.05, 0.1) is 11.3 Å². The molecule has 1 fully saturated rings. The number of aromatic carboxylic acids is 1. The molecule has 1 aromatic rings. The molecule has 0 aliphatic heterocycles. The van der Waals surface area contributed by atoms with Gasteiger partial charge in [-0.2, -0.15) is 0 Å². The third kappa shape index (κ3) is 3.96. The number of carbonyl (C=O) groups is 2. The number of urea groups is 1. The van der Waals surface area contributed by atoms with Gasteiger partial charge in [-0.1, -0.05) is 18.9 Å². The highest BCUT2D eigenvalue weighted by Crippen LogP contribution is 2.31. The van der Waals surface area contributed by atoms with Crippen LogP contribution in [0.5, 0.6) is 0 Å². The summed E-state index contributed by atoms with van der Waals surface area (Å²) in [7, 11) is 0. The number of benzene rings is 1. The molecular weight excluding hydrogens is 312 g/mol. The fraction of sp³-hybridized carbons (Fsp3) is 0.385. The number of carboxylic acid groups (broad SMARTS) is 1. The quantitative estimate of drug-likeness (QED) is 0.778. The van der Waals surface area contributed by atoms with Crippen LogP contribution in [0, 0.1) is 5.92 Å². The minimum absolute atomic E-state index is 0.0618. The molecule has 102 valence electrons. The van der Waals surface area contributed by atoms with Crippen molar-refractivity contribution in [3.05, 3.63) is 28.2 Å². The molecule has 1 saturated carbocycles. The van der Waals surface area contributed by atoms with Crippen LogP contribution in [0.4, 0.5) is 10.5 Å². The lowest BCUT2D eigenvalue weighted by Crippen LogP contribution is -2.30. The van der Waals surface area contributed by atoms with Gasteiger partial charge in [-0.05, 0) is 40.4 Å². The van der Waals surface area contributed by atoms with Crippen molar-refractivity contribution in [1.82, 2.24) is 5.32 Å². The summed E-state index contributed by atoms with van der Waals surface area (Å²) in [6, 6.07) is 4.37. The number of nitrogens with one attached hydrogen (secondary N) is 2. The molecule has 19 heavy (non-hydrogen) atoms. The highest BCUT2D eigenvalue weighted by atomic mass is 79.9. The number of carbonyl (C=O) groups excluding carboxylic acids is 1. The van der Waals surface area contributed by atoms with Gasteiger partial charge in [0.1, 0.15) is 0 Å². The Kier molecular flexibility index (Phi) is 4.42. The van der Waals surface area contributed by atoms with Crippen LogP contribution < -0.4 is 10.6 Å². The lowest BCUT2D eigenvalue weighted by Gasteiger charge is -2.11. The third-order valence-corrected chi connectivity index (χ3v) is 3.68. The Morgan fingerprint density at radius 1 is 1.37 bits per heavy atom. The van der Waals surface area contributed by atoms with Gasteiger partial charge in [0.2, 0.25) is 0 Å². The fourth-order valence-electron chi connectivity index (χ4n) is 1.78. The topological polar surface area (TPSA) is 78.4 Å². The first-order chi connectivity index (χ1) is 9.08. The Balaban J connectivity index is 1.96. The van der Waals surface area contributed by atoms with Crippen molar-refractivity contribution in [2.45, 2.75) is 19.3 Å². The maximum Gasteiger partial charge on any atom is 0.337 e. The van der Waals surface area contributed by atoms with Crippen LogP contribution in [0.1, 0.15) is 29.6 Å². The number of hydrogen-bond acceptors (Lipinski definition) is 2. The van der Waals surface area contributed by atoms with E-state index in [1.165, 1.54) is 18.9 Å². The number of halogens is 1.